The molecule has 104 valence electrons. The second-order valence-corrected chi connectivity index (χ2v) is 5.01. The maximum absolute atomic E-state index is 13.7. The lowest BCUT2D eigenvalue weighted by Crippen LogP contribution is -2.20. The minimum atomic E-state index is -1.37. The summed E-state index contributed by atoms with van der Waals surface area (Å²) in [6.07, 6.45) is 2.89. The highest BCUT2D eigenvalue weighted by Gasteiger charge is 2.28. The van der Waals surface area contributed by atoms with Gasteiger partial charge in [-0.3, -0.25) is 4.79 Å². The Morgan fingerprint density at radius 2 is 2.05 bits per heavy atom. The lowest BCUT2D eigenvalue weighted by molar-refractivity contribution is 0.0695. The predicted octanol–water partition coefficient (Wildman–Crippen LogP) is 2.62. The highest BCUT2D eigenvalue weighted by Crippen LogP contribution is 2.38. The Morgan fingerprint density at radius 3 is 2.60 bits per heavy atom. The first-order valence-electron chi connectivity index (χ1n) is 6.18. The zero-order valence-electron chi connectivity index (χ0n) is 10.6. The number of nitrogens with zero attached hydrogens (tertiary/aromatic N) is 1. The lowest BCUT2D eigenvalue weighted by atomic mass is 10.1. The van der Waals surface area contributed by atoms with Crippen molar-refractivity contribution in [3.63, 3.8) is 0 Å². The molecule has 1 N–H and O–H groups in total. The second kappa shape index (κ2) is 4.13. The monoisotopic (exact) mass is 279 g/mol. The van der Waals surface area contributed by atoms with E-state index in [0.717, 1.165) is 18.9 Å². The summed E-state index contributed by atoms with van der Waals surface area (Å²) in [5.74, 6) is -3.51. The molecule has 0 bridgehead atoms. The van der Waals surface area contributed by atoms with Crippen molar-refractivity contribution in [2.45, 2.75) is 25.8 Å². The Hall–Kier alpha value is -2.24. The molecular formula is C14H11F2NO3. The number of carbonyl (C=O) groups is 1. The largest absolute Gasteiger partial charge is 0.477 e. The van der Waals surface area contributed by atoms with Crippen LogP contribution in [0.2, 0.25) is 0 Å². The maximum atomic E-state index is 13.7. The number of hydrogen-bond donors (Lipinski definition) is 1. The van der Waals surface area contributed by atoms with Crippen molar-refractivity contribution < 1.29 is 18.7 Å². The van der Waals surface area contributed by atoms with Crippen LogP contribution in [0.3, 0.4) is 0 Å². The van der Waals surface area contributed by atoms with Crippen molar-refractivity contribution in [1.82, 2.24) is 4.57 Å². The van der Waals surface area contributed by atoms with Crippen LogP contribution >= 0.6 is 0 Å². The summed E-state index contributed by atoms with van der Waals surface area (Å²) in [7, 11) is 0. The molecule has 20 heavy (non-hydrogen) atoms. The smallest absolute Gasteiger partial charge is 0.341 e. The van der Waals surface area contributed by atoms with Crippen LogP contribution in [0, 0.1) is 18.6 Å². The van der Waals surface area contributed by atoms with E-state index in [1.54, 1.807) is 4.57 Å². The Labute approximate surface area is 112 Å². The van der Waals surface area contributed by atoms with Gasteiger partial charge in [0, 0.05) is 23.2 Å². The van der Waals surface area contributed by atoms with Gasteiger partial charge < -0.3 is 9.67 Å². The maximum Gasteiger partial charge on any atom is 0.341 e. The van der Waals surface area contributed by atoms with E-state index in [9.17, 15) is 18.4 Å². The van der Waals surface area contributed by atoms with E-state index in [1.807, 2.05) is 0 Å². The van der Waals surface area contributed by atoms with E-state index in [0.29, 0.717) is 0 Å². The fraction of sp³-hybridized carbons (Fsp3) is 0.286. The predicted molar refractivity (Wildman–Crippen MR) is 68.1 cm³/mol. The zero-order chi connectivity index (χ0) is 14.6. The van der Waals surface area contributed by atoms with E-state index in [2.05, 4.69) is 0 Å². The fourth-order valence-electron chi connectivity index (χ4n) is 2.45. The number of aromatic nitrogens is 1. The first-order valence-corrected chi connectivity index (χ1v) is 6.18. The molecule has 1 aliphatic rings. The summed E-state index contributed by atoms with van der Waals surface area (Å²) in [5, 5.41) is 8.97. The number of aryl methyl sites for hydroxylation is 1. The molecule has 0 atom stereocenters. The molecule has 2 aromatic rings. The summed E-state index contributed by atoms with van der Waals surface area (Å²) in [6, 6.07) is 0.825. The standard InChI is InChI=1S/C14H11F2NO3/c1-6-11(16)10(15)4-8-12(6)17(7-2-3-7)5-9(13(8)18)14(19)20/h4-5,7H,2-3H2,1H3,(H,19,20). The number of rotatable bonds is 2. The number of carboxylic acids is 1. The van der Waals surface area contributed by atoms with Gasteiger partial charge in [0.15, 0.2) is 11.6 Å². The van der Waals surface area contributed by atoms with Crippen molar-refractivity contribution in [1.29, 1.82) is 0 Å². The third kappa shape index (κ3) is 1.71. The van der Waals surface area contributed by atoms with Crippen molar-refractivity contribution in [3.8, 4) is 0 Å². The molecule has 0 aliphatic heterocycles. The molecule has 4 nitrogen and oxygen atoms in total. The third-order valence-electron chi connectivity index (χ3n) is 3.61. The Bertz CT molecular complexity index is 806. The number of carboxylic acid groups (broad SMARTS) is 1. The Balaban J connectivity index is 2.52. The topological polar surface area (TPSA) is 59.3 Å². The molecule has 0 saturated heterocycles. The summed E-state index contributed by atoms with van der Waals surface area (Å²) >= 11 is 0. The van der Waals surface area contributed by atoms with E-state index >= 15 is 0 Å². The van der Waals surface area contributed by atoms with Crippen LogP contribution in [0.4, 0.5) is 8.78 Å². The van der Waals surface area contributed by atoms with E-state index < -0.39 is 28.6 Å². The molecule has 1 aromatic carbocycles. The molecule has 0 unspecified atom stereocenters. The van der Waals surface area contributed by atoms with Crippen LogP contribution in [-0.4, -0.2) is 15.6 Å². The number of pyridine rings is 1. The summed E-state index contributed by atoms with van der Waals surface area (Å²) in [6.45, 7) is 1.39. The van der Waals surface area contributed by atoms with Crippen molar-refractivity contribution in [2.75, 3.05) is 0 Å². The molecule has 3 rings (SSSR count). The molecule has 1 aromatic heterocycles. The number of halogens is 2. The van der Waals surface area contributed by atoms with Gasteiger partial charge in [-0.2, -0.15) is 0 Å². The van der Waals surface area contributed by atoms with Gasteiger partial charge in [-0.25, -0.2) is 13.6 Å². The first kappa shape index (κ1) is 12.8. The number of aromatic carboxylic acids is 1. The Kier molecular flexibility index (Phi) is 2.64. The minimum Gasteiger partial charge on any atom is -0.477 e. The lowest BCUT2D eigenvalue weighted by Gasteiger charge is -2.14. The zero-order valence-corrected chi connectivity index (χ0v) is 10.6. The normalized spacial score (nSPS) is 14.8. The summed E-state index contributed by atoms with van der Waals surface area (Å²) in [4.78, 5) is 23.2. The van der Waals surface area contributed by atoms with Crippen LogP contribution in [0.1, 0.15) is 34.8 Å². The van der Waals surface area contributed by atoms with Gasteiger partial charge in [-0.15, -0.1) is 0 Å². The summed E-state index contributed by atoms with van der Waals surface area (Å²) < 4.78 is 28.8. The van der Waals surface area contributed by atoms with E-state index in [-0.39, 0.29) is 22.5 Å². The number of fused-ring (bicyclic) bond motifs is 1. The van der Waals surface area contributed by atoms with Crippen molar-refractivity contribution >= 4 is 16.9 Å². The Morgan fingerprint density at radius 1 is 1.40 bits per heavy atom. The first-order chi connectivity index (χ1) is 9.41. The van der Waals surface area contributed by atoms with E-state index in [4.69, 9.17) is 5.11 Å². The van der Waals surface area contributed by atoms with Gasteiger partial charge in [-0.1, -0.05) is 0 Å². The molecule has 1 saturated carbocycles. The fourth-order valence-corrected chi connectivity index (χ4v) is 2.45. The van der Waals surface area contributed by atoms with Crippen LogP contribution in [0.5, 0.6) is 0 Å². The average molecular weight is 279 g/mol. The molecule has 1 fully saturated rings. The number of benzene rings is 1. The van der Waals surface area contributed by atoms with Gasteiger partial charge in [0.25, 0.3) is 0 Å². The van der Waals surface area contributed by atoms with Gasteiger partial charge in [0.2, 0.25) is 5.43 Å². The van der Waals surface area contributed by atoms with Gasteiger partial charge >= 0.3 is 5.97 Å². The van der Waals surface area contributed by atoms with Crippen molar-refractivity contribution in [2.24, 2.45) is 0 Å². The highest BCUT2D eigenvalue weighted by atomic mass is 19.2. The molecular weight excluding hydrogens is 268 g/mol. The van der Waals surface area contributed by atoms with Crippen LogP contribution in [-0.2, 0) is 0 Å². The molecule has 6 heteroatoms. The molecule has 0 spiro atoms. The van der Waals surface area contributed by atoms with Crippen LogP contribution < -0.4 is 5.43 Å². The van der Waals surface area contributed by atoms with Crippen molar-refractivity contribution in [3.05, 3.63) is 45.2 Å². The molecule has 0 radical (unpaired) electrons. The average Bonchev–Trinajstić information content (AvgIpc) is 3.21. The van der Waals surface area contributed by atoms with Crippen LogP contribution in [0.15, 0.2) is 17.1 Å². The number of hydrogen-bond acceptors (Lipinski definition) is 2. The van der Waals surface area contributed by atoms with Gasteiger partial charge in [-0.05, 0) is 25.8 Å². The quantitative estimate of drug-likeness (QED) is 0.919. The highest BCUT2D eigenvalue weighted by molar-refractivity contribution is 5.93. The third-order valence-corrected chi connectivity index (χ3v) is 3.61. The molecule has 1 aliphatic carbocycles. The van der Waals surface area contributed by atoms with Crippen LogP contribution in [0.25, 0.3) is 10.9 Å². The molecule has 0 amide bonds. The van der Waals surface area contributed by atoms with Gasteiger partial charge in [0.05, 0.1) is 5.52 Å². The second-order valence-electron chi connectivity index (χ2n) is 5.01. The molecule has 1 heterocycles. The SMILES string of the molecule is Cc1c(F)c(F)cc2c(=O)c(C(=O)O)cn(C3CC3)c12. The summed E-state index contributed by atoms with van der Waals surface area (Å²) in [5.41, 5.74) is -0.899. The van der Waals surface area contributed by atoms with Gasteiger partial charge in [0.1, 0.15) is 5.56 Å². The minimum absolute atomic E-state index is 0.0286. The van der Waals surface area contributed by atoms with E-state index in [1.165, 1.54) is 13.1 Å².